The minimum atomic E-state index is -0.665. The molecular formula is C34H69N3O2. The lowest BCUT2D eigenvalue weighted by molar-refractivity contribution is -0.132. The summed E-state index contributed by atoms with van der Waals surface area (Å²) >= 11 is 0. The molecule has 0 aliphatic heterocycles. The van der Waals surface area contributed by atoms with Gasteiger partial charge < -0.3 is 17.2 Å². The topological polar surface area (TPSA) is 112 Å². The van der Waals surface area contributed by atoms with Crippen molar-refractivity contribution >= 4 is 11.6 Å². The molecule has 0 aromatic heterocycles. The van der Waals surface area contributed by atoms with Crippen molar-refractivity contribution in [2.75, 3.05) is 19.6 Å². The number of rotatable bonds is 31. The number of hydrogen-bond donors (Lipinski definition) is 3. The first-order chi connectivity index (χ1) is 19.0. The highest BCUT2D eigenvalue weighted by Gasteiger charge is 2.40. The van der Waals surface area contributed by atoms with E-state index in [1.165, 1.54) is 116 Å². The second kappa shape index (κ2) is 27.4. The molecule has 0 bridgehead atoms. The van der Waals surface area contributed by atoms with E-state index in [2.05, 4.69) is 13.8 Å². The van der Waals surface area contributed by atoms with Gasteiger partial charge in [-0.3, -0.25) is 9.59 Å². The standard InChI is InChI=1S/C34H69N3O2/c1-3-5-7-9-11-13-15-17-19-21-23-25-31(38)27-32(34(28-35,29-36)30-37)33(39)26-24-22-20-18-16-14-12-10-8-6-4-2/h32H,3-30,35-37H2,1-2H3. The van der Waals surface area contributed by atoms with Crippen molar-refractivity contribution in [1.82, 2.24) is 0 Å². The Kier molecular flexibility index (Phi) is 26.8. The Morgan fingerprint density at radius 1 is 0.487 bits per heavy atom. The molecule has 0 aliphatic carbocycles. The fourth-order valence-electron chi connectivity index (χ4n) is 5.80. The van der Waals surface area contributed by atoms with Gasteiger partial charge in [0.25, 0.3) is 0 Å². The molecular weight excluding hydrogens is 482 g/mol. The Labute approximate surface area is 243 Å². The Balaban J connectivity index is 4.31. The molecule has 1 atom stereocenters. The van der Waals surface area contributed by atoms with E-state index in [9.17, 15) is 9.59 Å². The number of carbonyl (C=O) groups excluding carboxylic acids is 2. The molecule has 232 valence electrons. The summed E-state index contributed by atoms with van der Waals surface area (Å²) in [5.74, 6) is -0.136. The summed E-state index contributed by atoms with van der Waals surface area (Å²) in [6.07, 6.45) is 29.0. The average Bonchev–Trinajstić information content (AvgIpc) is 2.95. The Bertz CT molecular complexity index is 554. The van der Waals surface area contributed by atoms with Crippen LogP contribution in [-0.4, -0.2) is 31.2 Å². The minimum Gasteiger partial charge on any atom is -0.330 e. The maximum atomic E-state index is 13.3. The first-order valence-corrected chi connectivity index (χ1v) is 17.2. The van der Waals surface area contributed by atoms with Crippen LogP contribution in [0.15, 0.2) is 0 Å². The molecule has 39 heavy (non-hydrogen) atoms. The lowest BCUT2D eigenvalue weighted by atomic mass is 9.69. The van der Waals surface area contributed by atoms with E-state index in [4.69, 9.17) is 17.2 Å². The maximum Gasteiger partial charge on any atom is 0.137 e. The molecule has 0 spiro atoms. The third-order valence-corrected chi connectivity index (χ3v) is 8.87. The number of hydrogen-bond acceptors (Lipinski definition) is 5. The first kappa shape index (κ1) is 38.2. The second-order valence-electron chi connectivity index (χ2n) is 12.3. The van der Waals surface area contributed by atoms with Gasteiger partial charge in [-0.1, -0.05) is 142 Å². The molecule has 0 saturated carbocycles. The largest absolute Gasteiger partial charge is 0.330 e. The molecule has 1 unspecified atom stereocenters. The number of Topliss-reactive ketones (excluding diaryl/α,β-unsaturated/α-hetero) is 2. The summed E-state index contributed by atoms with van der Waals surface area (Å²) in [6.45, 7) is 5.27. The highest BCUT2D eigenvalue weighted by molar-refractivity contribution is 5.88. The lowest BCUT2D eigenvalue weighted by Crippen LogP contribution is -2.52. The van der Waals surface area contributed by atoms with E-state index in [1.807, 2.05) is 0 Å². The third-order valence-electron chi connectivity index (χ3n) is 8.87. The van der Waals surface area contributed by atoms with Crippen molar-refractivity contribution in [3.63, 3.8) is 0 Å². The summed E-state index contributed by atoms with van der Waals surface area (Å²) < 4.78 is 0. The molecule has 0 radical (unpaired) electrons. The van der Waals surface area contributed by atoms with Crippen LogP contribution < -0.4 is 17.2 Å². The van der Waals surface area contributed by atoms with Gasteiger partial charge in [0.15, 0.2) is 0 Å². The predicted octanol–water partition coefficient (Wildman–Crippen LogP) is 8.40. The molecule has 5 heteroatoms. The van der Waals surface area contributed by atoms with Crippen LogP contribution in [0, 0.1) is 11.3 Å². The van der Waals surface area contributed by atoms with Crippen molar-refractivity contribution in [2.45, 2.75) is 174 Å². The minimum absolute atomic E-state index is 0.138. The van der Waals surface area contributed by atoms with Gasteiger partial charge >= 0.3 is 0 Å². The summed E-state index contributed by atoms with van der Waals surface area (Å²) in [7, 11) is 0. The van der Waals surface area contributed by atoms with Gasteiger partial charge in [0, 0.05) is 50.2 Å². The smallest absolute Gasteiger partial charge is 0.137 e. The summed E-state index contributed by atoms with van der Waals surface area (Å²) in [4.78, 5) is 26.2. The maximum absolute atomic E-state index is 13.3. The summed E-state index contributed by atoms with van der Waals surface area (Å²) in [5, 5.41) is 0. The van der Waals surface area contributed by atoms with Crippen molar-refractivity contribution in [3.8, 4) is 0 Å². The van der Waals surface area contributed by atoms with Crippen molar-refractivity contribution in [3.05, 3.63) is 0 Å². The zero-order chi connectivity index (χ0) is 29.0. The van der Waals surface area contributed by atoms with Crippen LogP contribution in [-0.2, 0) is 9.59 Å². The Morgan fingerprint density at radius 3 is 1.13 bits per heavy atom. The van der Waals surface area contributed by atoms with Gasteiger partial charge in [-0.2, -0.15) is 0 Å². The third kappa shape index (κ3) is 19.9. The van der Waals surface area contributed by atoms with Crippen molar-refractivity contribution in [1.29, 1.82) is 0 Å². The molecule has 5 nitrogen and oxygen atoms in total. The van der Waals surface area contributed by atoms with Crippen LogP contribution in [0.2, 0.25) is 0 Å². The van der Waals surface area contributed by atoms with E-state index in [0.29, 0.717) is 12.8 Å². The first-order valence-electron chi connectivity index (χ1n) is 17.2. The van der Waals surface area contributed by atoms with Crippen LogP contribution in [0.5, 0.6) is 0 Å². The van der Waals surface area contributed by atoms with E-state index in [0.717, 1.165) is 25.7 Å². The molecule has 0 fully saturated rings. The van der Waals surface area contributed by atoms with Crippen molar-refractivity contribution in [2.24, 2.45) is 28.5 Å². The van der Waals surface area contributed by atoms with Gasteiger partial charge in [-0.15, -0.1) is 0 Å². The van der Waals surface area contributed by atoms with E-state index in [-0.39, 0.29) is 37.6 Å². The van der Waals surface area contributed by atoms with Crippen LogP contribution in [0.3, 0.4) is 0 Å². The fourth-order valence-corrected chi connectivity index (χ4v) is 5.80. The van der Waals surface area contributed by atoms with Gasteiger partial charge in [-0.05, 0) is 12.8 Å². The van der Waals surface area contributed by atoms with Gasteiger partial charge in [0.1, 0.15) is 11.6 Å². The van der Waals surface area contributed by atoms with E-state index < -0.39 is 11.3 Å². The van der Waals surface area contributed by atoms with Gasteiger partial charge in [0.2, 0.25) is 0 Å². The molecule has 0 aromatic carbocycles. The molecule has 0 amide bonds. The number of ketones is 2. The molecule has 0 heterocycles. The molecule has 0 saturated heterocycles. The van der Waals surface area contributed by atoms with E-state index in [1.54, 1.807) is 0 Å². The number of nitrogens with two attached hydrogens (primary N) is 3. The Hall–Kier alpha value is -0.780. The quantitative estimate of drug-likeness (QED) is 0.0749. The monoisotopic (exact) mass is 552 g/mol. The number of carbonyl (C=O) groups is 2. The van der Waals surface area contributed by atoms with Crippen LogP contribution in [0.4, 0.5) is 0 Å². The van der Waals surface area contributed by atoms with Gasteiger partial charge in [0.05, 0.1) is 0 Å². The Morgan fingerprint density at radius 2 is 0.795 bits per heavy atom. The lowest BCUT2D eigenvalue weighted by Gasteiger charge is -2.37. The zero-order valence-electron chi connectivity index (χ0n) is 26.4. The van der Waals surface area contributed by atoms with Crippen LogP contribution >= 0.6 is 0 Å². The normalized spacial score (nSPS) is 12.6. The second-order valence-corrected chi connectivity index (χ2v) is 12.3. The van der Waals surface area contributed by atoms with Crippen LogP contribution in [0.25, 0.3) is 0 Å². The molecule has 6 N–H and O–H groups in total. The van der Waals surface area contributed by atoms with Crippen molar-refractivity contribution < 1.29 is 9.59 Å². The highest BCUT2D eigenvalue weighted by atomic mass is 16.1. The molecule has 0 rings (SSSR count). The zero-order valence-corrected chi connectivity index (χ0v) is 26.4. The number of unbranched alkanes of at least 4 members (excludes halogenated alkanes) is 20. The van der Waals surface area contributed by atoms with E-state index >= 15 is 0 Å². The SMILES string of the molecule is CCCCCCCCCCCCCC(=O)CC(C(=O)CCCCCCCCCCCCC)C(CN)(CN)CN. The highest BCUT2D eigenvalue weighted by Crippen LogP contribution is 2.31. The van der Waals surface area contributed by atoms with Gasteiger partial charge in [-0.25, -0.2) is 0 Å². The summed E-state index contributed by atoms with van der Waals surface area (Å²) in [6, 6.07) is 0. The average molecular weight is 552 g/mol. The predicted molar refractivity (Wildman–Crippen MR) is 170 cm³/mol. The summed E-state index contributed by atoms with van der Waals surface area (Å²) in [5.41, 5.74) is 17.6. The fraction of sp³-hybridized carbons (Fsp3) is 0.941. The molecule has 0 aliphatic rings. The van der Waals surface area contributed by atoms with Crippen LogP contribution in [0.1, 0.15) is 174 Å². The molecule has 0 aromatic rings.